The normalized spacial score (nSPS) is 13.4. The fourth-order valence-electron chi connectivity index (χ4n) is 2.55. The Morgan fingerprint density at radius 3 is 3.19 bits per heavy atom. The molecule has 6 nitrogen and oxygen atoms in total. The van der Waals surface area contributed by atoms with Gasteiger partial charge in [-0.2, -0.15) is 4.98 Å². The minimum absolute atomic E-state index is 0.0456. The average Bonchev–Trinajstić information content (AvgIpc) is 2.92. The quantitative estimate of drug-likeness (QED) is 0.894. The third-order valence-electron chi connectivity index (χ3n) is 3.54. The van der Waals surface area contributed by atoms with Crippen molar-refractivity contribution in [3.05, 3.63) is 41.0 Å². The molecule has 1 aromatic carbocycles. The topological polar surface area (TPSA) is 80.0 Å². The number of carbonyl (C=O) groups is 1. The van der Waals surface area contributed by atoms with E-state index in [0.29, 0.717) is 24.7 Å². The monoisotopic (exact) mass is 286 g/mol. The molecule has 110 valence electrons. The van der Waals surface area contributed by atoms with E-state index in [9.17, 15) is 4.79 Å². The number of anilines is 1. The lowest BCUT2D eigenvalue weighted by Gasteiger charge is -2.20. The van der Waals surface area contributed by atoms with E-state index in [1.165, 1.54) is 0 Å². The van der Waals surface area contributed by atoms with Crippen molar-refractivity contribution in [3.63, 3.8) is 0 Å². The van der Waals surface area contributed by atoms with Crippen LogP contribution in [0.25, 0.3) is 0 Å². The molecule has 0 radical (unpaired) electrons. The molecule has 1 aromatic heterocycles. The Hall–Kier alpha value is -2.37. The first-order valence-corrected chi connectivity index (χ1v) is 7.17. The van der Waals surface area contributed by atoms with Crippen LogP contribution in [0.5, 0.6) is 0 Å². The minimum Gasteiger partial charge on any atom is -0.385 e. The first-order valence-electron chi connectivity index (χ1n) is 7.17. The Balaban J connectivity index is 1.63. The van der Waals surface area contributed by atoms with Crippen LogP contribution in [0.3, 0.4) is 0 Å². The Labute approximate surface area is 122 Å². The van der Waals surface area contributed by atoms with E-state index in [-0.39, 0.29) is 5.91 Å². The van der Waals surface area contributed by atoms with Gasteiger partial charge >= 0.3 is 0 Å². The third kappa shape index (κ3) is 3.04. The zero-order chi connectivity index (χ0) is 14.7. The van der Waals surface area contributed by atoms with Crippen molar-refractivity contribution in [2.75, 3.05) is 18.4 Å². The van der Waals surface area contributed by atoms with Crippen LogP contribution < -0.4 is 10.6 Å². The van der Waals surface area contributed by atoms with Gasteiger partial charge in [0.15, 0.2) is 5.82 Å². The van der Waals surface area contributed by atoms with E-state index in [0.717, 1.165) is 36.2 Å². The van der Waals surface area contributed by atoms with Crippen LogP contribution >= 0.6 is 0 Å². The summed E-state index contributed by atoms with van der Waals surface area (Å²) in [7, 11) is 0. The predicted octanol–water partition coefficient (Wildman–Crippen LogP) is 1.71. The summed E-state index contributed by atoms with van der Waals surface area (Å²) < 4.78 is 4.90. The number of fused-ring (bicyclic) bond motifs is 1. The maximum Gasteiger partial charge on any atom is 0.251 e. The molecular weight excluding hydrogens is 268 g/mol. The first kappa shape index (κ1) is 13.6. The summed E-state index contributed by atoms with van der Waals surface area (Å²) in [5.41, 5.74) is 2.93. The molecule has 0 spiro atoms. The molecule has 3 rings (SSSR count). The largest absolute Gasteiger partial charge is 0.385 e. The van der Waals surface area contributed by atoms with Crippen LogP contribution in [0.2, 0.25) is 0 Å². The van der Waals surface area contributed by atoms with Gasteiger partial charge in [0.2, 0.25) is 5.89 Å². The fourth-order valence-corrected chi connectivity index (χ4v) is 2.55. The first-order chi connectivity index (χ1) is 10.2. The van der Waals surface area contributed by atoms with Crippen molar-refractivity contribution < 1.29 is 9.32 Å². The highest BCUT2D eigenvalue weighted by molar-refractivity contribution is 5.97. The molecule has 0 aliphatic carbocycles. The number of amides is 1. The molecular formula is C15H18N4O2. The van der Waals surface area contributed by atoms with Crippen LogP contribution in [-0.4, -0.2) is 29.1 Å². The van der Waals surface area contributed by atoms with E-state index in [2.05, 4.69) is 20.8 Å². The molecule has 1 amide bonds. The highest BCUT2D eigenvalue weighted by atomic mass is 16.5. The molecule has 0 bridgehead atoms. The lowest BCUT2D eigenvalue weighted by atomic mass is 9.97. The smallest absolute Gasteiger partial charge is 0.251 e. The lowest BCUT2D eigenvalue weighted by Crippen LogP contribution is -2.28. The number of carbonyl (C=O) groups excluding carboxylic acids is 1. The number of nitrogens with one attached hydrogen (secondary N) is 2. The van der Waals surface area contributed by atoms with Gasteiger partial charge in [0, 0.05) is 37.7 Å². The summed E-state index contributed by atoms with van der Waals surface area (Å²) in [4.78, 5) is 16.4. The molecule has 2 aromatic rings. The third-order valence-corrected chi connectivity index (χ3v) is 3.54. The van der Waals surface area contributed by atoms with Gasteiger partial charge in [-0.3, -0.25) is 4.79 Å². The molecule has 0 saturated heterocycles. The maximum atomic E-state index is 12.3. The molecule has 6 heteroatoms. The fraction of sp³-hybridized carbons (Fsp3) is 0.400. The number of benzene rings is 1. The summed E-state index contributed by atoms with van der Waals surface area (Å²) in [6.07, 6.45) is 2.56. The molecule has 2 N–H and O–H groups in total. The molecule has 0 unspecified atom stereocenters. The summed E-state index contributed by atoms with van der Waals surface area (Å²) in [6, 6.07) is 5.81. The number of aromatic nitrogens is 2. The molecule has 2 heterocycles. The van der Waals surface area contributed by atoms with Crippen molar-refractivity contribution in [1.29, 1.82) is 0 Å². The second-order valence-corrected chi connectivity index (χ2v) is 5.10. The van der Waals surface area contributed by atoms with Crippen LogP contribution in [0.1, 0.15) is 34.1 Å². The minimum atomic E-state index is -0.0456. The summed E-state index contributed by atoms with van der Waals surface area (Å²) in [5.74, 6) is 1.11. The van der Waals surface area contributed by atoms with Gasteiger partial charge < -0.3 is 15.2 Å². The van der Waals surface area contributed by atoms with E-state index >= 15 is 0 Å². The Morgan fingerprint density at radius 1 is 1.48 bits per heavy atom. The Bertz CT molecular complexity index is 651. The van der Waals surface area contributed by atoms with Gasteiger partial charge in [-0.1, -0.05) is 11.2 Å². The molecule has 1 aliphatic heterocycles. The van der Waals surface area contributed by atoms with E-state index in [1.807, 2.05) is 18.2 Å². The van der Waals surface area contributed by atoms with Gasteiger partial charge in [-0.15, -0.1) is 0 Å². The van der Waals surface area contributed by atoms with Crippen LogP contribution in [0, 0.1) is 6.92 Å². The van der Waals surface area contributed by atoms with Gasteiger partial charge in [-0.05, 0) is 30.5 Å². The SMILES string of the molecule is Cc1nc(CCNC(=O)c2cccc3c2CCCN3)no1. The van der Waals surface area contributed by atoms with Gasteiger partial charge in [0.25, 0.3) is 5.91 Å². The lowest BCUT2D eigenvalue weighted by molar-refractivity contribution is 0.0953. The predicted molar refractivity (Wildman–Crippen MR) is 78.3 cm³/mol. The second-order valence-electron chi connectivity index (χ2n) is 5.10. The van der Waals surface area contributed by atoms with Crippen LogP contribution in [0.15, 0.2) is 22.7 Å². The summed E-state index contributed by atoms with van der Waals surface area (Å²) in [6.45, 7) is 3.21. The summed E-state index contributed by atoms with van der Waals surface area (Å²) in [5, 5.41) is 10.1. The Kier molecular flexibility index (Phi) is 3.85. The van der Waals surface area contributed by atoms with Crippen molar-refractivity contribution >= 4 is 11.6 Å². The maximum absolute atomic E-state index is 12.3. The molecule has 1 aliphatic rings. The number of rotatable bonds is 4. The van der Waals surface area contributed by atoms with Crippen LogP contribution in [0.4, 0.5) is 5.69 Å². The standard InChI is InChI=1S/C15H18N4O2/c1-10-18-14(19-21-10)7-9-17-15(20)12-4-2-6-13-11(12)5-3-8-16-13/h2,4,6,16H,3,5,7-9H2,1H3,(H,17,20). The van der Waals surface area contributed by atoms with Crippen molar-refractivity contribution in [1.82, 2.24) is 15.5 Å². The van der Waals surface area contributed by atoms with Gasteiger partial charge in [0.1, 0.15) is 0 Å². The van der Waals surface area contributed by atoms with E-state index < -0.39 is 0 Å². The second kappa shape index (κ2) is 5.95. The molecule has 0 atom stereocenters. The number of nitrogens with zero attached hydrogens (tertiary/aromatic N) is 2. The van der Waals surface area contributed by atoms with Crippen molar-refractivity contribution in [2.45, 2.75) is 26.2 Å². The van der Waals surface area contributed by atoms with Crippen molar-refractivity contribution in [3.8, 4) is 0 Å². The molecule has 21 heavy (non-hydrogen) atoms. The highest BCUT2D eigenvalue weighted by Gasteiger charge is 2.17. The van der Waals surface area contributed by atoms with E-state index in [1.54, 1.807) is 6.92 Å². The van der Waals surface area contributed by atoms with Crippen LogP contribution in [-0.2, 0) is 12.8 Å². The number of aryl methyl sites for hydroxylation is 1. The van der Waals surface area contributed by atoms with Gasteiger partial charge in [0.05, 0.1) is 0 Å². The zero-order valence-corrected chi connectivity index (χ0v) is 12.0. The van der Waals surface area contributed by atoms with Crippen molar-refractivity contribution in [2.24, 2.45) is 0 Å². The molecule has 0 saturated carbocycles. The number of hydrogen-bond donors (Lipinski definition) is 2. The Morgan fingerprint density at radius 2 is 2.38 bits per heavy atom. The summed E-state index contributed by atoms with van der Waals surface area (Å²) >= 11 is 0. The average molecular weight is 286 g/mol. The van der Waals surface area contributed by atoms with E-state index in [4.69, 9.17) is 4.52 Å². The van der Waals surface area contributed by atoms with Gasteiger partial charge in [-0.25, -0.2) is 0 Å². The zero-order valence-electron chi connectivity index (χ0n) is 12.0. The number of hydrogen-bond acceptors (Lipinski definition) is 5. The molecule has 0 fully saturated rings. The highest BCUT2D eigenvalue weighted by Crippen LogP contribution is 2.25.